The van der Waals surface area contributed by atoms with Crippen molar-refractivity contribution in [3.63, 3.8) is 0 Å². The first kappa shape index (κ1) is 15.2. The molecule has 0 bridgehead atoms. The molecule has 5 nitrogen and oxygen atoms in total. The van der Waals surface area contributed by atoms with E-state index in [2.05, 4.69) is 41.9 Å². The molecule has 0 saturated carbocycles. The fourth-order valence-electron chi connectivity index (χ4n) is 1.88. The van der Waals surface area contributed by atoms with Crippen molar-refractivity contribution in [2.75, 3.05) is 30.9 Å². The second kappa shape index (κ2) is 6.09. The Morgan fingerprint density at radius 2 is 1.74 bits per heavy atom. The molecule has 1 saturated heterocycles. The molecule has 1 aromatic carbocycles. The van der Waals surface area contributed by atoms with Crippen LogP contribution in [0.4, 0.5) is 5.69 Å². The van der Waals surface area contributed by atoms with Crippen LogP contribution in [-0.4, -0.2) is 38.9 Å². The number of hydrogen-bond donors (Lipinski definition) is 2. The standard InChI is InChI=1S/C11H15Br2N3O2S/c1-8-6-9(12)11(10(13)7-8)15-19(17,18)16-4-2-14-3-5-16/h6-7,14-15H,2-5H2,1H3. The summed E-state index contributed by atoms with van der Waals surface area (Å²) in [7, 11) is -3.51. The molecule has 0 amide bonds. The molecule has 0 atom stereocenters. The molecule has 0 aromatic heterocycles. The van der Waals surface area contributed by atoms with Gasteiger partial charge in [-0.25, -0.2) is 0 Å². The number of anilines is 1. The van der Waals surface area contributed by atoms with Crippen LogP contribution < -0.4 is 10.0 Å². The van der Waals surface area contributed by atoms with Crippen LogP contribution in [0.3, 0.4) is 0 Å². The molecule has 1 aliphatic heterocycles. The van der Waals surface area contributed by atoms with Gasteiger partial charge < -0.3 is 5.32 Å². The van der Waals surface area contributed by atoms with Gasteiger partial charge in [0.05, 0.1) is 5.69 Å². The monoisotopic (exact) mass is 411 g/mol. The third kappa shape index (κ3) is 3.69. The van der Waals surface area contributed by atoms with E-state index in [1.54, 1.807) is 0 Å². The SMILES string of the molecule is Cc1cc(Br)c(NS(=O)(=O)N2CCNCC2)c(Br)c1. The van der Waals surface area contributed by atoms with E-state index in [-0.39, 0.29) is 0 Å². The van der Waals surface area contributed by atoms with Gasteiger partial charge in [0.15, 0.2) is 0 Å². The zero-order chi connectivity index (χ0) is 14.0. The van der Waals surface area contributed by atoms with Gasteiger partial charge in [-0.3, -0.25) is 4.72 Å². The lowest BCUT2D eigenvalue weighted by atomic mass is 10.2. The topological polar surface area (TPSA) is 61.4 Å². The number of nitrogens with one attached hydrogen (secondary N) is 2. The fraction of sp³-hybridized carbons (Fsp3) is 0.455. The summed E-state index contributed by atoms with van der Waals surface area (Å²) in [5.41, 5.74) is 1.58. The third-order valence-corrected chi connectivity index (χ3v) is 5.59. The van der Waals surface area contributed by atoms with Gasteiger partial charge in [0.2, 0.25) is 0 Å². The van der Waals surface area contributed by atoms with Crippen molar-refractivity contribution in [2.24, 2.45) is 0 Å². The van der Waals surface area contributed by atoms with Crippen LogP contribution in [0.1, 0.15) is 5.56 Å². The summed E-state index contributed by atoms with van der Waals surface area (Å²) in [6, 6.07) is 3.75. The van der Waals surface area contributed by atoms with E-state index in [9.17, 15) is 8.42 Å². The molecule has 0 aliphatic carbocycles. The Hall–Kier alpha value is -0.150. The van der Waals surface area contributed by atoms with Crippen molar-refractivity contribution in [3.05, 3.63) is 26.6 Å². The second-order valence-electron chi connectivity index (χ2n) is 4.36. The van der Waals surface area contributed by atoms with Crippen LogP contribution in [0.15, 0.2) is 21.1 Å². The van der Waals surface area contributed by atoms with Crippen molar-refractivity contribution in [1.82, 2.24) is 9.62 Å². The lowest BCUT2D eigenvalue weighted by Crippen LogP contribution is -2.48. The normalized spacial score (nSPS) is 17.4. The first-order chi connectivity index (χ1) is 8.90. The predicted octanol–water partition coefficient (Wildman–Crippen LogP) is 2.08. The van der Waals surface area contributed by atoms with E-state index >= 15 is 0 Å². The summed E-state index contributed by atoms with van der Waals surface area (Å²) in [4.78, 5) is 0. The first-order valence-electron chi connectivity index (χ1n) is 5.84. The van der Waals surface area contributed by atoms with Crippen LogP contribution in [0.5, 0.6) is 0 Å². The summed E-state index contributed by atoms with van der Waals surface area (Å²) in [5.74, 6) is 0. The Labute approximate surface area is 130 Å². The number of hydrogen-bond acceptors (Lipinski definition) is 3. The van der Waals surface area contributed by atoms with Crippen molar-refractivity contribution in [3.8, 4) is 0 Å². The van der Waals surface area contributed by atoms with Crippen molar-refractivity contribution in [2.45, 2.75) is 6.92 Å². The number of halogens is 2. The van der Waals surface area contributed by atoms with Crippen LogP contribution >= 0.6 is 31.9 Å². The van der Waals surface area contributed by atoms with Crippen molar-refractivity contribution < 1.29 is 8.42 Å². The maximum atomic E-state index is 12.3. The summed E-state index contributed by atoms with van der Waals surface area (Å²) in [6.07, 6.45) is 0. The smallest absolute Gasteiger partial charge is 0.301 e. The zero-order valence-corrected chi connectivity index (χ0v) is 14.4. The van der Waals surface area contributed by atoms with E-state index in [0.717, 1.165) is 14.5 Å². The maximum absolute atomic E-state index is 12.3. The fourth-order valence-corrected chi connectivity index (χ4v) is 5.02. The zero-order valence-electron chi connectivity index (χ0n) is 10.4. The average molecular weight is 413 g/mol. The Kier molecular flexibility index (Phi) is 4.88. The minimum Gasteiger partial charge on any atom is -0.314 e. The van der Waals surface area contributed by atoms with E-state index < -0.39 is 10.2 Å². The van der Waals surface area contributed by atoms with Gasteiger partial charge in [-0.15, -0.1) is 0 Å². The summed E-state index contributed by atoms with van der Waals surface area (Å²) >= 11 is 6.77. The van der Waals surface area contributed by atoms with E-state index in [0.29, 0.717) is 31.9 Å². The van der Waals surface area contributed by atoms with Gasteiger partial charge in [0.1, 0.15) is 0 Å². The highest BCUT2D eigenvalue weighted by Crippen LogP contribution is 2.33. The van der Waals surface area contributed by atoms with Gasteiger partial charge >= 0.3 is 10.2 Å². The Balaban J connectivity index is 2.25. The number of piperazine rings is 1. The minimum atomic E-state index is -3.51. The molecule has 2 rings (SSSR count). The molecule has 1 heterocycles. The molecule has 0 radical (unpaired) electrons. The lowest BCUT2D eigenvalue weighted by Gasteiger charge is -2.27. The Bertz CT molecular complexity index is 548. The molecular weight excluding hydrogens is 398 g/mol. The first-order valence-corrected chi connectivity index (χ1v) is 8.87. The summed E-state index contributed by atoms with van der Waals surface area (Å²) in [6.45, 7) is 4.27. The quantitative estimate of drug-likeness (QED) is 0.798. The molecule has 106 valence electrons. The number of nitrogens with zero attached hydrogens (tertiary/aromatic N) is 1. The Morgan fingerprint density at radius 3 is 2.26 bits per heavy atom. The molecule has 0 unspecified atom stereocenters. The maximum Gasteiger partial charge on any atom is 0.301 e. The molecular formula is C11H15Br2N3O2S. The van der Waals surface area contributed by atoms with Crippen LogP contribution in [0.2, 0.25) is 0 Å². The number of benzene rings is 1. The molecule has 1 fully saturated rings. The lowest BCUT2D eigenvalue weighted by molar-refractivity contribution is 0.362. The molecule has 8 heteroatoms. The number of aryl methyl sites for hydroxylation is 1. The van der Waals surface area contributed by atoms with E-state index in [4.69, 9.17) is 0 Å². The largest absolute Gasteiger partial charge is 0.314 e. The molecule has 1 aliphatic rings. The van der Waals surface area contributed by atoms with Crippen molar-refractivity contribution >= 4 is 47.8 Å². The van der Waals surface area contributed by atoms with Gasteiger partial charge in [0.25, 0.3) is 0 Å². The van der Waals surface area contributed by atoms with Crippen molar-refractivity contribution in [1.29, 1.82) is 0 Å². The van der Waals surface area contributed by atoms with Crippen LogP contribution in [-0.2, 0) is 10.2 Å². The minimum absolute atomic E-state index is 0.483. The molecule has 19 heavy (non-hydrogen) atoms. The van der Waals surface area contributed by atoms with Gasteiger partial charge in [-0.05, 0) is 56.5 Å². The second-order valence-corrected chi connectivity index (χ2v) is 7.74. The molecule has 0 spiro atoms. The van der Waals surface area contributed by atoms with Gasteiger partial charge in [0, 0.05) is 35.1 Å². The summed E-state index contributed by atoms with van der Waals surface area (Å²) < 4.78 is 30.1. The highest BCUT2D eigenvalue weighted by atomic mass is 79.9. The predicted molar refractivity (Wildman–Crippen MR) is 83.6 cm³/mol. The van der Waals surface area contributed by atoms with E-state index in [1.165, 1.54) is 4.31 Å². The van der Waals surface area contributed by atoms with Crippen LogP contribution in [0, 0.1) is 6.92 Å². The third-order valence-electron chi connectivity index (χ3n) is 2.83. The van der Waals surface area contributed by atoms with E-state index in [1.807, 2.05) is 19.1 Å². The average Bonchev–Trinajstić information content (AvgIpc) is 2.35. The van der Waals surface area contributed by atoms with Gasteiger partial charge in [-0.2, -0.15) is 12.7 Å². The highest BCUT2D eigenvalue weighted by Gasteiger charge is 2.25. The Morgan fingerprint density at radius 1 is 1.21 bits per heavy atom. The highest BCUT2D eigenvalue weighted by molar-refractivity contribution is 9.11. The van der Waals surface area contributed by atoms with Gasteiger partial charge in [-0.1, -0.05) is 0 Å². The summed E-state index contributed by atoms with van der Waals surface area (Å²) in [5, 5.41) is 3.13. The van der Waals surface area contributed by atoms with Crippen LogP contribution in [0.25, 0.3) is 0 Å². The molecule has 1 aromatic rings. The molecule has 2 N–H and O–H groups in total. The number of rotatable bonds is 3.